The zero-order valence-corrected chi connectivity index (χ0v) is 10.7. The molecule has 94 valence electrons. The first-order chi connectivity index (χ1) is 7.52. The van der Waals surface area contributed by atoms with Gasteiger partial charge < -0.3 is 15.7 Å². The summed E-state index contributed by atoms with van der Waals surface area (Å²) < 4.78 is 0. The Morgan fingerprint density at radius 3 is 2.69 bits per heavy atom. The van der Waals surface area contributed by atoms with Gasteiger partial charge in [-0.05, 0) is 43.7 Å². The normalized spacial score (nSPS) is 35.6. The predicted molar refractivity (Wildman–Crippen MR) is 66.1 cm³/mol. The molecule has 2 aliphatic rings. The second kappa shape index (κ2) is 4.63. The van der Waals surface area contributed by atoms with Gasteiger partial charge in [0.1, 0.15) is 0 Å². The van der Waals surface area contributed by atoms with Crippen molar-refractivity contribution in [3.8, 4) is 0 Å². The predicted octanol–water partition coefficient (Wildman–Crippen LogP) is 1.06. The summed E-state index contributed by atoms with van der Waals surface area (Å²) in [5.41, 5.74) is 6.01. The van der Waals surface area contributed by atoms with Crippen molar-refractivity contribution in [3.05, 3.63) is 0 Å². The number of hydrogen-bond acceptors (Lipinski definition) is 3. The molecule has 3 N–H and O–H groups in total. The van der Waals surface area contributed by atoms with E-state index >= 15 is 0 Å². The zero-order valence-electron chi connectivity index (χ0n) is 10.7. The van der Waals surface area contributed by atoms with Crippen molar-refractivity contribution < 1.29 is 5.11 Å². The maximum absolute atomic E-state index is 9.84. The summed E-state index contributed by atoms with van der Waals surface area (Å²) in [6.45, 7) is 8.67. The maximum atomic E-state index is 9.84. The third-order valence-electron chi connectivity index (χ3n) is 4.55. The van der Waals surface area contributed by atoms with Crippen molar-refractivity contribution in [3.63, 3.8) is 0 Å². The lowest BCUT2D eigenvalue weighted by molar-refractivity contribution is 0.122. The summed E-state index contributed by atoms with van der Waals surface area (Å²) >= 11 is 0. The van der Waals surface area contributed by atoms with Crippen molar-refractivity contribution in [2.45, 2.75) is 39.2 Å². The average molecular weight is 226 g/mol. The monoisotopic (exact) mass is 226 g/mol. The van der Waals surface area contributed by atoms with Crippen LogP contribution < -0.4 is 5.73 Å². The fraction of sp³-hybridized carbons (Fsp3) is 1.00. The molecular weight excluding hydrogens is 200 g/mol. The van der Waals surface area contributed by atoms with Crippen LogP contribution in [0.5, 0.6) is 0 Å². The zero-order chi connectivity index (χ0) is 11.8. The quantitative estimate of drug-likeness (QED) is 0.754. The van der Waals surface area contributed by atoms with E-state index < -0.39 is 0 Å². The Balaban J connectivity index is 1.78. The molecule has 0 aromatic heterocycles. The Labute approximate surface area is 99.0 Å². The molecule has 1 saturated heterocycles. The highest BCUT2D eigenvalue weighted by molar-refractivity contribution is 4.93. The summed E-state index contributed by atoms with van der Waals surface area (Å²) in [5, 5.41) is 9.84. The lowest BCUT2D eigenvalue weighted by Crippen LogP contribution is -2.31. The lowest BCUT2D eigenvalue weighted by atomic mass is 9.89. The van der Waals surface area contributed by atoms with Gasteiger partial charge in [0.25, 0.3) is 0 Å². The summed E-state index contributed by atoms with van der Waals surface area (Å²) in [6.07, 6.45) is 3.39. The van der Waals surface area contributed by atoms with Crippen molar-refractivity contribution in [2.24, 2.45) is 23.0 Å². The van der Waals surface area contributed by atoms with Gasteiger partial charge >= 0.3 is 0 Å². The smallest absolute Gasteiger partial charge is 0.0583 e. The Kier molecular flexibility index (Phi) is 3.57. The highest BCUT2D eigenvalue weighted by Crippen LogP contribution is 2.38. The molecular formula is C13H26N2O. The number of hydrogen-bond donors (Lipinski definition) is 2. The fourth-order valence-corrected chi connectivity index (χ4v) is 3.07. The van der Waals surface area contributed by atoms with Crippen LogP contribution >= 0.6 is 0 Å². The number of nitrogens with two attached hydrogens (primary N) is 1. The number of fused-ring (bicyclic) bond motifs is 1. The summed E-state index contributed by atoms with van der Waals surface area (Å²) in [6, 6.07) is 0. The lowest BCUT2D eigenvalue weighted by Gasteiger charge is -2.26. The molecule has 0 aromatic rings. The van der Waals surface area contributed by atoms with E-state index in [1.165, 1.54) is 19.4 Å². The highest BCUT2D eigenvalue weighted by Gasteiger charge is 2.41. The molecule has 0 bridgehead atoms. The van der Waals surface area contributed by atoms with Crippen LogP contribution in [-0.4, -0.2) is 42.3 Å². The molecule has 1 heterocycles. The average Bonchev–Trinajstić information content (AvgIpc) is 2.79. The molecule has 3 nitrogen and oxygen atoms in total. The molecule has 0 radical (unpaired) electrons. The summed E-state index contributed by atoms with van der Waals surface area (Å²) in [4.78, 5) is 2.52. The Bertz CT molecular complexity index is 242. The highest BCUT2D eigenvalue weighted by atomic mass is 16.3. The van der Waals surface area contributed by atoms with E-state index in [1.807, 2.05) is 0 Å². The van der Waals surface area contributed by atoms with E-state index in [0.717, 1.165) is 32.0 Å². The van der Waals surface area contributed by atoms with E-state index in [0.29, 0.717) is 5.92 Å². The Hall–Kier alpha value is -0.120. The van der Waals surface area contributed by atoms with Gasteiger partial charge in [-0.1, -0.05) is 13.8 Å². The van der Waals surface area contributed by atoms with Gasteiger partial charge in [0.2, 0.25) is 0 Å². The largest absolute Gasteiger partial charge is 0.393 e. The second-order valence-corrected chi connectivity index (χ2v) is 6.45. The van der Waals surface area contributed by atoms with Gasteiger partial charge in [0.15, 0.2) is 0 Å². The molecule has 0 aromatic carbocycles. The van der Waals surface area contributed by atoms with Gasteiger partial charge in [0, 0.05) is 19.0 Å². The van der Waals surface area contributed by atoms with Gasteiger partial charge in [0.05, 0.1) is 6.10 Å². The van der Waals surface area contributed by atoms with E-state index in [4.69, 9.17) is 5.73 Å². The number of nitrogens with zero attached hydrogens (tertiary/aromatic N) is 1. The second-order valence-electron chi connectivity index (χ2n) is 6.45. The van der Waals surface area contributed by atoms with Crippen LogP contribution in [0.1, 0.15) is 33.1 Å². The minimum atomic E-state index is -0.0301. The van der Waals surface area contributed by atoms with Crippen LogP contribution in [0.4, 0.5) is 0 Å². The SMILES string of the molecule is CC(C)(CN)CCN1CC2CCC(O)C2C1. The standard InChI is InChI=1S/C13H26N2O/c1-13(2,9-14)5-6-15-7-10-3-4-12(16)11(10)8-15/h10-12,16H,3-9,14H2,1-2H3. The Morgan fingerprint density at radius 1 is 1.31 bits per heavy atom. The molecule has 3 heteroatoms. The van der Waals surface area contributed by atoms with Gasteiger partial charge in [-0.3, -0.25) is 0 Å². The number of aliphatic hydroxyl groups excluding tert-OH is 1. The fourth-order valence-electron chi connectivity index (χ4n) is 3.07. The first kappa shape index (κ1) is 12.3. The molecule has 3 unspecified atom stereocenters. The summed E-state index contributed by atoms with van der Waals surface area (Å²) in [5.74, 6) is 1.32. The first-order valence-corrected chi connectivity index (χ1v) is 6.62. The number of aliphatic hydroxyl groups is 1. The van der Waals surface area contributed by atoms with Gasteiger partial charge in [-0.15, -0.1) is 0 Å². The van der Waals surface area contributed by atoms with Gasteiger partial charge in [-0.25, -0.2) is 0 Å². The topological polar surface area (TPSA) is 49.5 Å². The van der Waals surface area contributed by atoms with Crippen LogP contribution in [0.2, 0.25) is 0 Å². The molecule has 1 aliphatic carbocycles. The molecule has 0 amide bonds. The van der Waals surface area contributed by atoms with Crippen LogP contribution in [0.25, 0.3) is 0 Å². The van der Waals surface area contributed by atoms with Crippen LogP contribution in [0.15, 0.2) is 0 Å². The van der Waals surface area contributed by atoms with E-state index in [2.05, 4.69) is 18.7 Å². The Morgan fingerprint density at radius 2 is 2.06 bits per heavy atom. The van der Waals surface area contributed by atoms with Crippen molar-refractivity contribution in [1.82, 2.24) is 4.90 Å². The molecule has 2 fully saturated rings. The molecule has 1 saturated carbocycles. The van der Waals surface area contributed by atoms with E-state index in [9.17, 15) is 5.11 Å². The maximum Gasteiger partial charge on any atom is 0.0583 e. The third-order valence-corrected chi connectivity index (χ3v) is 4.55. The van der Waals surface area contributed by atoms with Crippen molar-refractivity contribution >= 4 is 0 Å². The minimum Gasteiger partial charge on any atom is -0.393 e. The molecule has 16 heavy (non-hydrogen) atoms. The molecule has 3 atom stereocenters. The van der Waals surface area contributed by atoms with Crippen LogP contribution in [0.3, 0.4) is 0 Å². The van der Waals surface area contributed by atoms with Gasteiger partial charge in [-0.2, -0.15) is 0 Å². The van der Waals surface area contributed by atoms with Crippen LogP contribution in [-0.2, 0) is 0 Å². The number of rotatable bonds is 4. The summed E-state index contributed by atoms with van der Waals surface area (Å²) in [7, 11) is 0. The molecule has 2 rings (SSSR count). The minimum absolute atomic E-state index is 0.0301. The van der Waals surface area contributed by atoms with Crippen molar-refractivity contribution in [1.29, 1.82) is 0 Å². The van der Waals surface area contributed by atoms with E-state index in [1.54, 1.807) is 0 Å². The van der Waals surface area contributed by atoms with Crippen molar-refractivity contribution in [2.75, 3.05) is 26.2 Å². The molecule has 0 spiro atoms. The number of likely N-dealkylation sites (tertiary alicyclic amines) is 1. The third kappa shape index (κ3) is 2.58. The van der Waals surface area contributed by atoms with Crippen LogP contribution in [0, 0.1) is 17.3 Å². The first-order valence-electron chi connectivity index (χ1n) is 6.62. The molecule has 1 aliphatic heterocycles. The van der Waals surface area contributed by atoms with E-state index in [-0.39, 0.29) is 11.5 Å².